The lowest BCUT2D eigenvalue weighted by molar-refractivity contribution is -0.117. The van der Waals surface area contributed by atoms with E-state index in [0.717, 1.165) is 0 Å². The van der Waals surface area contributed by atoms with Crippen LogP contribution in [0.2, 0.25) is 0 Å². The molecule has 9 heteroatoms. The number of carbonyl (C=O) groups is 1. The largest absolute Gasteiger partial charge is 0.511 e. The van der Waals surface area contributed by atoms with Crippen molar-refractivity contribution in [2.75, 3.05) is 4.72 Å². The van der Waals surface area contributed by atoms with Crippen LogP contribution >= 0.6 is 0 Å². The molecule has 1 aliphatic carbocycles. The highest BCUT2D eigenvalue weighted by Crippen LogP contribution is 2.35. The van der Waals surface area contributed by atoms with Crippen LogP contribution in [-0.4, -0.2) is 35.5 Å². The molecule has 0 radical (unpaired) electrons. The smallest absolute Gasteiger partial charge is 0.264 e. The van der Waals surface area contributed by atoms with Crippen LogP contribution < -0.4 is 4.72 Å². The van der Waals surface area contributed by atoms with Gasteiger partial charge in [0.2, 0.25) is 5.95 Å². The first-order chi connectivity index (χ1) is 13.9. The molecule has 0 bridgehead atoms. The number of aliphatic imine (C=N–C) groups is 1. The number of hydrogen-bond acceptors (Lipinski definition) is 7. The van der Waals surface area contributed by atoms with E-state index < -0.39 is 10.0 Å². The zero-order chi connectivity index (χ0) is 22.1. The highest BCUT2D eigenvalue weighted by molar-refractivity contribution is 7.92. The van der Waals surface area contributed by atoms with E-state index in [1.54, 1.807) is 19.9 Å². The maximum Gasteiger partial charge on any atom is 0.264 e. The third-order valence-corrected chi connectivity index (χ3v) is 5.94. The Morgan fingerprint density at radius 3 is 2.27 bits per heavy atom. The Morgan fingerprint density at radius 2 is 1.70 bits per heavy atom. The molecular formula is C21H24N4O4S. The SMILES string of the molecule is Cc1cc(C)nc(NS(=O)(=O)c2ccc(N=CC3=C(O)CC(C)(C)CC3=O)cc2)n1. The average molecular weight is 429 g/mol. The van der Waals surface area contributed by atoms with Crippen LogP contribution in [0.1, 0.15) is 38.1 Å². The lowest BCUT2D eigenvalue weighted by Gasteiger charge is -2.28. The van der Waals surface area contributed by atoms with Crippen molar-refractivity contribution >= 4 is 33.7 Å². The number of hydrogen-bond donors (Lipinski definition) is 2. The summed E-state index contributed by atoms with van der Waals surface area (Å²) >= 11 is 0. The number of ketones is 1. The fourth-order valence-electron chi connectivity index (χ4n) is 3.25. The van der Waals surface area contributed by atoms with E-state index >= 15 is 0 Å². The number of sulfonamides is 1. The number of Topliss-reactive ketones (excluding diaryl/α,β-unsaturated/α-hetero) is 1. The van der Waals surface area contributed by atoms with Gasteiger partial charge < -0.3 is 5.11 Å². The molecule has 2 aromatic rings. The summed E-state index contributed by atoms with van der Waals surface area (Å²) in [5.41, 5.74) is 1.68. The summed E-state index contributed by atoms with van der Waals surface area (Å²) in [5, 5.41) is 10.2. The summed E-state index contributed by atoms with van der Waals surface area (Å²) in [6, 6.07) is 7.58. The van der Waals surface area contributed by atoms with Crippen molar-refractivity contribution in [2.45, 2.75) is 45.4 Å². The van der Waals surface area contributed by atoms with Crippen molar-refractivity contribution in [1.82, 2.24) is 9.97 Å². The third-order valence-electron chi connectivity index (χ3n) is 4.59. The maximum absolute atomic E-state index is 12.6. The lowest BCUT2D eigenvalue weighted by atomic mass is 9.77. The Bertz CT molecular complexity index is 1130. The molecule has 3 rings (SSSR count). The second-order valence-electron chi connectivity index (χ2n) is 8.13. The zero-order valence-corrected chi connectivity index (χ0v) is 18.1. The van der Waals surface area contributed by atoms with E-state index in [1.807, 2.05) is 13.8 Å². The van der Waals surface area contributed by atoms with Gasteiger partial charge in [0.25, 0.3) is 10.0 Å². The van der Waals surface area contributed by atoms with Gasteiger partial charge in [0.15, 0.2) is 5.78 Å². The van der Waals surface area contributed by atoms with Gasteiger partial charge in [-0.2, -0.15) is 0 Å². The number of aromatic nitrogens is 2. The first-order valence-corrected chi connectivity index (χ1v) is 10.9. The van der Waals surface area contributed by atoms with E-state index in [2.05, 4.69) is 19.7 Å². The topological polar surface area (TPSA) is 122 Å². The van der Waals surface area contributed by atoms with Gasteiger partial charge in [0, 0.05) is 30.4 Å². The number of nitrogens with one attached hydrogen (secondary N) is 1. The Morgan fingerprint density at radius 1 is 1.10 bits per heavy atom. The summed E-state index contributed by atoms with van der Waals surface area (Å²) < 4.78 is 27.5. The first kappa shape index (κ1) is 21.6. The van der Waals surface area contributed by atoms with Gasteiger partial charge in [0.1, 0.15) is 5.76 Å². The van der Waals surface area contributed by atoms with Crippen molar-refractivity contribution in [3.63, 3.8) is 0 Å². The molecule has 0 unspecified atom stereocenters. The summed E-state index contributed by atoms with van der Waals surface area (Å²) in [7, 11) is -3.86. The van der Waals surface area contributed by atoms with Crippen LogP contribution in [0.5, 0.6) is 0 Å². The van der Waals surface area contributed by atoms with Gasteiger partial charge in [-0.05, 0) is 49.6 Å². The van der Waals surface area contributed by atoms with E-state index in [-0.39, 0.29) is 33.4 Å². The van der Waals surface area contributed by atoms with Crippen LogP contribution in [0, 0.1) is 19.3 Å². The molecule has 0 fully saturated rings. The number of nitrogens with zero attached hydrogens (tertiary/aromatic N) is 3. The molecular weight excluding hydrogens is 404 g/mol. The van der Waals surface area contributed by atoms with Gasteiger partial charge in [-0.3, -0.25) is 9.79 Å². The number of aliphatic hydroxyl groups is 1. The highest BCUT2D eigenvalue weighted by Gasteiger charge is 2.32. The molecule has 0 atom stereocenters. The number of anilines is 1. The van der Waals surface area contributed by atoms with Crippen molar-refractivity contribution < 1.29 is 18.3 Å². The second-order valence-corrected chi connectivity index (χ2v) is 9.82. The van der Waals surface area contributed by atoms with Crippen LogP contribution in [0.3, 0.4) is 0 Å². The van der Waals surface area contributed by atoms with Gasteiger partial charge in [-0.1, -0.05) is 13.8 Å². The lowest BCUT2D eigenvalue weighted by Crippen LogP contribution is -2.26. The van der Waals surface area contributed by atoms with E-state index in [9.17, 15) is 18.3 Å². The van der Waals surface area contributed by atoms with Crippen molar-refractivity contribution in [3.8, 4) is 0 Å². The highest BCUT2D eigenvalue weighted by atomic mass is 32.2. The average Bonchev–Trinajstić information content (AvgIpc) is 2.59. The molecule has 2 N–H and O–H groups in total. The Kier molecular flexibility index (Phi) is 5.76. The molecule has 1 aromatic heterocycles. The standard InChI is InChI=1S/C21H24N4O4S/c1-13-9-14(2)24-20(23-13)25-30(28,29)16-7-5-15(6-8-16)22-12-17-18(26)10-21(3,4)11-19(17)27/h5-9,12,26H,10-11H2,1-4H3,(H,23,24,25). The molecule has 1 aliphatic rings. The van der Waals surface area contributed by atoms with Gasteiger partial charge in [0.05, 0.1) is 16.2 Å². The van der Waals surface area contributed by atoms with E-state index in [1.165, 1.54) is 30.5 Å². The molecule has 1 heterocycles. The van der Waals surface area contributed by atoms with Gasteiger partial charge in [-0.15, -0.1) is 0 Å². The van der Waals surface area contributed by atoms with Gasteiger partial charge in [-0.25, -0.2) is 23.1 Å². The normalized spacial score (nSPS) is 16.9. The Labute approximate surface area is 175 Å². The van der Waals surface area contributed by atoms with Crippen molar-refractivity contribution in [3.05, 3.63) is 53.1 Å². The molecule has 158 valence electrons. The van der Waals surface area contributed by atoms with Crippen molar-refractivity contribution in [1.29, 1.82) is 0 Å². The summed E-state index contributed by atoms with van der Waals surface area (Å²) in [5.74, 6) is -0.128. The molecule has 0 amide bonds. The number of allylic oxidation sites excluding steroid dienone is 2. The van der Waals surface area contributed by atoms with Crippen LogP contribution in [-0.2, 0) is 14.8 Å². The predicted octanol–water partition coefficient (Wildman–Crippen LogP) is 3.80. The van der Waals surface area contributed by atoms with Gasteiger partial charge >= 0.3 is 0 Å². The quantitative estimate of drug-likeness (QED) is 0.699. The molecule has 1 aromatic carbocycles. The maximum atomic E-state index is 12.6. The van der Waals surface area contributed by atoms with E-state index in [4.69, 9.17) is 0 Å². The number of carbonyl (C=O) groups excluding carboxylic acids is 1. The van der Waals surface area contributed by atoms with Crippen molar-refractivity contribution in [2.24, 2.45) is 10.4 Å². The first-order valence-electron chi connectivity index (χ1n) is 9.40. The minimum atomic E-state index is -3.86. The zero-order valence-electron chi connectivity index (χ0n) is 17.3. The number of aryl methyl sites for hydroxylation is 2. The third kappa shape index (κ3) is 5.10. The molecule has 0 saturated carbocycles. The fraction of sp³-hybridized carbons (Fsp3) is 0.333. The number of benzene rings is 1. The summed E-state index contributed by atoms with van der Waals surface area (Å²) in [6.07, 6.45) is 2.07. The Hall–Kier alpha value is -3.07. The van der Waals surface area contributed by atoms with Crippen LogP contribution in [0.25, 0.3) is 0 Å². The van der Waals surface area contributed by atoms with E-state index in [0.29, 0.717) is 29.9 Å². The molecule has 0 spiro atoms. The van der Waals surface area contributed by atoms with Crippen LogP contribution in [0.4, 0.5) is 11.6 Å². The molecule has 8 nitrogen and oxygen atoms in total. The monoisotopic (exact) mass is 428 g/mol. The number of rotatable bonds is 5. The minimum Gasteiger partial charge on any atom is -0.511 e. The molecule has 0 saturated heterocycles. The number of aliphatic hydroxyl groups excluding tert-OH is 1. The minimum absolute atomic E-state index is 0.00995. The fourth-order valence-corrected chi connectivity index (χ4v) is 4.19. The summed E-state index contributed by atoms with van der Waals surface area (Å²) in [4.78, 5) is 24.6. The Balaban J connectivity index is 1.77. The molecule has 30 heavy (non-hydrogen) atoms. The second kappa shape index (κ2) is 7.98. The molecule has 0 aliphatic heterocycles. The van der Waals surface area contributed by atoms with Crippen LogP contribution in [0.15, 0.2) is 51.6 Å². The predicted molar refractivity (Wildman–Crippen MR) is 115 cm³/mol. The summed E-state index contributed by atoms with van der Waals surface area (Å²) in [6.45, 7) is 7.35.